The molecule has 0 spiro atoms. The van der Waals surface area contributed by atoms with Gasteiger partial charge in [0.1, 0.15) is 5.82 Å². The summed E-state index contributed by atoms with van der Waals surface area (Å²) in [5.74, 6) is 1.68. The molecule has 4 rings (SSSR count). The molecule has 32 heavy (non-hydrogen) atoms. The fraction of sp³-hybridized carbons (Fsp3) is 0.409. The van der Waals surface area contributed by atoms with Gasteiger partial charge >= 0.3 is 12.2 Å². The molecule has 0 aliphatic carbocycles. The Labute approximate surface area is 183 Å². The van der Waals surface area contributed by atoms with Gasteiger partial charge in [0.05, 0.1) is 12.6 Å². The number of aryl methyl sites for hydroxylation is 1. The van der Waals surface area contributed by atoms with E-state index in [-0.39, 0.29) is 18.6 Å². The van der Waals surface area contributed by atoms with Crippen molar-refractivity contribution in [2.45, 2.75) is 38.4 Å². The molecule has 3 aromatic rings. The average Bonchev–Trinajstić information content (AvgIpc) is 3.19. The van der Waals surface area contributed by atoms with E-state index >= 15 is 0 Å². The van der Waals surface area contributed by atoms with E-state index in [0.29, 0.717) is 43.4 Å². The molecule has 0 bridgehead atoms. The predicted molar refractivity (Wildman–Crippen MR) is 114 cm³/mol. The number of hydrogen-bond donors (Lipinski definition) is 2. The van der Waals surface area contributed by atoms with E-state index in [2.05, 4.69) is 20.6 Å². The maximum absolute atomic E-state index is 12.6. The van der Waals surface area contributed by atoms with Crippen LogP contribution >= 0.6 is 0 Å². The number of pyridine rings is 1. The summed E-state index contributed by atoms with van der Waals surface area (Å²) in [7, 11) is 0. The van der Waals surface area contributed by atoms with Crippen LogP contribution in [0.5, 0.6) is 0 Å². The molecule has 2 N–H and O–H groups in total. The molecule has 0 atom stereocenters. The number of hydrogen-bond acceptors (Lipinski definition) is 5. The van der Waals surface area contributed by atoms with Gasteiger partial charge in [0.25, 0.3) is 0 Å². The van der Waals surface area contributed by atoms with Crippen LogP contribution in [-0.4, -0.2) is 52.8 Å². The molecule has 1 aromatic carbocycles. The number of benzene rings is 1. The number of oxazole rings is 1. The van der Waals surface area contributed by atoms with Crippen LogP contribution in [0.15, 0.2) is 41.1 Å². The van der Waals surface area contributed by atoms with Gasteiger partial charge in [-0.25, -0.2) is 14.8 Å². The van der Waals surface area contributed by atoms with Crippen LogP contribution in [0.3, 0.4) is 0 Å². The highest BCUT2D eigenvalue weighted by atomic mass is 19.4. The fourth-order valence-electron chi connectivity index (χ4n) is 3.75. The van der Waals surface area contributed by atoms with Gasteiger partial charge in [-0.1, -0.05) is 12.1 Å². The Morgan fingerprint density at radius 3 is 2.62 bits per heavy atom. The summed E-state index contributed by atoms with van der Waals surface area (Å²) < 4.78 is 42.4. The molecule has 170 valence electrons. The number of fused-ring (bicyclic) bond motifs is 1. The number of rotatable bonds is 5. The van der Waals surface area contributed by atoms with Crippen LogP contribution in [0.2, 0.25) is 0 Å². The molecule has 10 heteroatoms. The minimum Gasteiger partial charge on any atom is -0.441 e. The number of nitrogens with one attached hydrogen (secondary N) is 2. The Morgan fingerprint density at radius 2 is 1.94 bits per heavy atom. The summed E-state index contributed by atoms with van der Waals surface area (Å²) in [4.78, 5) is 22.7. The van der Waals surface area contributed by atoms with Crippen LogP contribution in [0, 0.1) is 6.92 Å². The van der Waals surface area contributed by atoms with E-state index in [1.54, 1.807) is 30.3 Å². The van der Waals surface area contributed by atoms with Gasteiger partial charge < -0.3 is 14.6 Å². The molecule has 1 saturated heterocycles. The number of halogens is 3. The normalized spacial score (nSPS) is 15.3. The lowest BCUT2D eigenvalue weighted by molar-refractivity contribution is -0.133. The second-order valence-electron chi connectivity index (χ2n) is 7.89. The van der Waals surface area contributed by atoms with Crippen molar-refractivity contribution in [1.29, 1.82) is 0 Å². The lowest BCUT2D eigenvalue weighted by Gasteiger charge is -2.32. The van der Waals surface area contributed by atoms with Crippen molar-refractivity contribution >= 4 is 22.6 Å². The first-order chi connectivity index (χ1) is 15.3. The van der Waals surface area contributed by atoms with Crippen LogP contribution in [0.1, 0.15) is 25.2 Å². The maximum Gasteiger partial charge on any atom is 0.390 e. The van der Waals surface area contributed by atoms with Crippen LogP contribution in [0.4, 0.5) is 23.8 Å². The Hall–Kier alpha value is -3.14. The standard InChI is InChI=1S/C22H24F3N5O2/c1-14-27-13-19(32-14)15-2-3-16-12-28-20(11-17(16)10-15)29-21(31)30-8-4-18(5-9-30)26-7-6-22(23,24)25/h2-3,10-13,18,26H,4-9H2,1H3,(H,28,29,31). The zero-order chi connectivity index (χ0) is 22.7. The van der Waals surface area contributed by atoms with Crippen molar-refractivity contribution in [2.75, 3.05) is 25.0 Å². The highest BCUT2D eigenvalue weighted by Crippen LogP contribution is 2.26. The third kappa shape index (κ3) is 5.56. The van der Waals surface area contributed by atoms with Crippen molar-refractivity contribution in [3.05, 3.63) is 42.5 Å². The zero-order valence-electron chi connectivity index (χ0n) is 17.6. The third-order valence-electron chi connectivity index (χ3n) is 5.49. The number of likely N-dealkylation sites (tertiary alicyclic amines) is 1. The first-order valence-corrected chi connectivity index (χ1v) is 10.5. The van der Waals surface area contributed by atoms with E-state index in [4.69, 9.17) is 4.42 Å². The molecule has 0 radical (unpaired) electrons. The summed E-state index contributed by atoms with van der Waals surface area (Å²) >= 11 is 0. The average molecular weight is 447 g/mol. The van der Waals surface area contributed by atoms with Crippen molar-refractivity contribution in [3.63, 3.8) is 0 Å². The van der Waals surface area contributed by atoms with Gasteiger partial charge in [0, 0.05) is 49.7 Å². The third-order valence-corrected chi connectivity index (χ3v) is 5.49. The minimum absolute atomic E-state index is 0.0154. The fourth-order valence-corrected chi connectivity index (χ4v) is 3.75. The molecular formula is C22H24F3N5O2. The van der Waals surface area contributed by atoms with Crippen LogP contribution in [-0.2, 0) is 0 Å². The Balaban J connectivity index is 1.34. The van der Waals surface area contributed by atoms with Gasteiger partial charge in [-0.3, -0.25) is 5.32 Å². The van der Waals surface area contributed by atoms with Crippen molar-refractivity contribution < 1.29 is 22.4 Å². The molecule has 0 saturated carbocycles. The topological polar surface area (TPSA) is 83.3 Å². The van der Waals surface area contributed by atoms with E-state index in [1.165, 1.54) is 0 Å². The van der Waals surface area contributed by atoms with E-state index in [0.717, 1.165) is 16.3 Å². The van der Waals surface area contributed by atoms with Gasteiger partial charge in [-0.2, -0.15) is 13.2 Å². The number of piperidine rings is 1. The number of nitrogens with zero attached hydrogens (tertiary/aromatic N) is 3. The highest BCUT2D eigenvalue weighted by Gasteiger charge is 2.28. The number of anilines is 1. The summed E-state index contributed by atoms with van der Waals surface area (Å²) in [6.07, 6.45) is -0.431. The van der Waals surface area contributed by atoms with E-state index < -0.39 is 12.6 Å². The lowest BCUT2D eigenvalue weighted by atomic mass is 10.1. The van der Waals surface area contributed by atoms with Crippen LogP contribution in [0.25, 0.3) is 22.1 Å². The Kier molecular flexibility index (Phi) is 6.31. The summed E-state index contributed by atoms with van der Waals surface area (Å²) in [6, 6.07) is 7.31. The number of carbonyl (C=O) groups is 1. The van der Waals surface area contributed by atoms with Crippen molar-refractivity contribution in [3.8, 4) is 11.3 Å². The first kappa shape index (κ1) is 22.1. The Bertz CT molecular complexity index is 1090. The lowest BCUT2D eigenvalue weighted by Crippen LogP contribution is -2.46. The Morgan fingerprint density at radius 1 is 1.16 bits per heavy atom. The molecule has 2 aromatic heterocycles. The molecule has 1 fully saturated rings. The number of carbonyl (C=O) groups excluding carboxylic acids is 1. The quantitative estimate of drug-likeness (QED) is 0.591. The molecule has 3 heterocycles. The van der Waals surface area contributed by atoms with Crippen LogP contribution < -0.4 is 10.6 Å². The molecule has 2 amide bonds. The van der Waals surface area contributed by atoms with E-state index in [9.17, 15) is 18.0 Å². The smallest absolute Gasteiger partial charge is 0.390 e. The minimum atomic E-state index is -4.16. The van der Waals surface area contributed by atoms with Crippen molar-refractivity contribution in [2.24, 2.45) is 0 Å². The highest BCUT2D eigenvalue weighted by molar-refractivity contribution is 5.93. The second-order valence-corrected chi connectivity index (χ2v) is 7.89. The summed E-state index contributed by atoms with van der Waals surface area (Å²) in [6.45, 7) is 2.62. The number of amides is 2. The zero-order valence-corrected chi connectivity index (χ0v) is 17.6. The molecule has 1 aliphatic heterocycles. The molecule has 0 unspecified atom stereocenters. The van der Waals surface area contributed by atoms with Gasteiger partial charge in [-0.05, 0) is 30.4 Å². The molecule has 1 aliphatic rings. The number of alkyl halides is 3. The molecule has 7 nitrogen and oxygen atoms in total. The van der Waals surface area contributed by atoms with E-state index in [1.807, 2.05) is 18.2 Å². The first-order valence-electron chi connectivity index (χ1n) is 10.5. The summed E-state index contributed by atoms with van der Waals surface area (Å²) in [5.41, 5.74) is 0.877. The number of urea groups is 1. The second kappa shape index (κ2) is 9.15. The maximum atomic E-state index is 12.6. The SMILES string of the molecule is Cc1ncc(-c2ccc3cnc(NC(=O)N4CCC(NCCC(F)(F)F)CC4)cc3c2)o1. The predicted octanol–water partition coefficient (Wildman–Crippen LogP) is 4.74. The van der Waals surface area contributed by atoms with Gasteiger partial charge in [0.15, 0.2) is 11.7 Å². The number of aromatic nitrogens is 2. The largest absolute Gasteiger partial charge is 0.441 e. The van der Waals surface area contributed by atoms with Gasteiger partial charge in [-0.15, -0.1) is 0 Å². The molecular weight excluding hydrogens is 423 g/mol. The monoisotopic (exact) mass is 447 g/mol. The summed E-state index contributed by atoms with van der Waals surface area (Å²) in [5, 5.41) is 7.56. The van der Waals surface area contributed by atoms with Gasteiger partial charge in [0.2, 0.25) is 0 Å². The van der Waals surface area contributed by atoms with Crippen molar-refractivity contribution in [1.82, 2.24) is 20.2 Å².